The largest absolute Gasteiger partial charge is 0.469 e. The molecule has 22 heavy (non-hydrogen) atoms. The molecule has 1 saturated heterocycles. The fourth-order valence-electron chi connectivity index (χ4n) is 2.22. The lowest BCUT2D eigenvalue weighted by molar-refractivity contribution is -0.145. The van der Waals surface area contributed by atoms with E-state index in [-0.39, 0.29) is 30.1 Å². The van der Waals surface area contributed by atoms with Crippen LogP contribution in [-0.2, 0) is 14.3 Å². The molecule has 1 aromatic carbocycles. The van der Waals surface area contributed by atoms with E-state index in [0.29, 0.717) is 0 Å². The molecule has 118 valence electrons. The van der Waals surface area contributed by atoms with Crippen LogP contribution < -0.4 is 5.32 Å². The van der Waals surface area contributed by atoms with Crippen LogP contribution in [0.1, 0.15) is 16.8 Å². The number of hydrogen-bond donors (Lipinski definition) is 1. The first-order valence-corrected chi connectivity index (χ1v) is 6.92. The Hall–Kier alpha value is -2.15. The highest BCUT2D eigenvalue weighted by molar-refractivity contribution is 6.33. The number of benzene rings is 1. The van der Waals surface area contributed by atoms with Crippen LogP contribution in [0.15, 0.2) is 18.2 Å². The van der Waals surface area contributed by atoms with Crippen molar-refractivity contribution in [1.82, 2.24) is 10.2 Å². The zero-order valence-corrected chi connectivity index (χ0v) is 12.5. The maximum atomic E-state index is 13.1. The summed E-state index contributed by atoms with van der Waals surface area (Å²) in [4.78, 5) is 37.1. The second kappa shape index (κ2) is 6.74. The first-order chi connectivity index (χ1) is 10.4. The first-order valence-electron chi connectivity index (χ1n) is 6.54. The molecular weight excluding hydrogens is 315 g/mol. The van der Waals surface area contributed by atoms with Gasteiger partial charge in [-0.15, -0.1) is 0 Å². The van der Waals surface area contributed by atoms with Gasteiger partial charge in [0.15, 0.2) is 0 Å². The third-order valence-corrected chi connectivity index (χ3v) is 3.65. The zero-order valence-electron chi connectivity index (χ0n) is 11.8. The van der Waals surface area contributed by atoms with Crippen LogP contribution in [0.2, 0.25) is 5.02 Å². The summed E-state index contributed by atoms with van der Waals surface area (Å²) in [5, 5.41) is 2.54. The van der Waals surface area contributed by atoms with Crippen LogP contribution in [-0.4, -0.2) is 48.9 Å². The van der Waals surface area contributed by atoms with Gasteiger partial charge < -0.3 is 15.0 Å². The number of amides is 2. The number of carbonyl (C=O) groups excluding carboxylic acids is 3. The number of ether oxygens (including phenoxy) is 1. The Morgan fingerprint density at radius 3 is 2.86 bits per heavy atom. The van der Waals surface area contributed by atoms with Crippen LogP contribution in [0, 0.1) is 5.82 Å². The maximum absolute atomic E-state index is 13.1. The molecule has 1 unspecified atom stereocenters. The molecule has 0 saturated carbocycles. The van der Waals surface area contributed by atoms with Crippen molar-refractivity contribution in [3.05, 3.63) is 34.6 Å². The van der Waals surface area contributed by atoms with Crippen molar-refractivity contribution in [2.75, 3.05) is 20.2 Å². The first kappa shape index (κ1) is 16.2. The van der Waals surface area contributed by atoms with Crippen molar-refractivity contribution >= 4 is 29.4 Å². The number of rotatable bonds is 3. The summed E-state index contributed by atoms with van der Waals surface area (Å²) in [7, 11) is 1.20. The molecule has 1 aliphatic heterocycles. The van der Waals surface area contributed by atoms with E-state index in [0.717, 1.165) is 12.1 Å². The summed E-state index contributed by atoms with van der Waals surface area (Å²) in [6.45, 7) is 0.487. The molecule has 0 spiro atoms. The molecule has 2 rings (SSSR count). The van der Waals surface area contributed by atoms with Gasteiger partial charge in [-0.05, 0) is 18.2 Å². The summed E-state index contributed by atoms with van der Waals surface area (Å²) < 4.78 is 17.6. The number of nitrogens with zero attached hydrogens (tertiary/aromatic N) is 1. The highest BCUT2D eigenvalue weighted by atomic mass is 35.5. The molecule has 0 bridgehead atoms. The smallest absolute Gasteiger partial charge is 0.308 e. The lowest BCUT2D eigenvalue weighted by Crippen LogP contribution is -2.57. The van der Waals surface area contributed by atoms with Gasteiger partial charge in [0.1, 0.15) is 11.9 Å². The van der Waals surface area contributed by atoms with Gasteiger partial charge >= 0.3 is 5.97 Å². The van der Waals surface area contributed by atoms with E-state index in [2.05, 4.69) is 10.1 Å². The monoisotopic (exact) mass is 328 g/mol. The molecule has 1 N–H and O–H groups in total. The number of hydrogen-bond acceptors (Lipinski definition) is 4. The molecule has 8 heteroatoms. The second-order valence-electron chi connectivity index (χ2n) is 4.71. The van der Waals surface area contributed by atoms with E-state index in [9.17, 15) is 18.8 Å². The van der Waals surface area contributed by atoms with Crippen LogP contribution >= 0.6 is 11.6 Å². The van der Waals surface area contributed by atoms with Crippen LogP contribution in [0.3, 0.4) is 0 Å². The SMILES string of the molecule is COC(=O)CC1C(=O)NCCN1C(=O)c1ccc(F)cc1Cl. The molecule has 1 atom stereocenters. The van der Waals surface area contributed by atoms with Crippen molar-refractivity contribution < 1.29 is 23.5 Å². The summed E-state index contributed by atoms with van der Waals surface area (Å²) in [6.07, 6.45) is -0.257. The van der Waals surface area contributed by atoms with E-state index in [1.54, 1.807) is 0 Å². The Morgan fingerprint density at radius 1 is 1.50 bits per heavy atom. The zero-order chi connectivity index (χ0) is 16.3. The summed E-state index contributed by atoms with van der Waals surface area (Å²) in [6, 6.07) is 2.41. The number of carbonyl (C=O) groups is 3. The van der Waals surface area contributed by atoms with Gasteiger partial charge in [-0.3, -0.25) is 14.4 Å². The lowest BCUT2D eigenvalue weighted by atomic mass is 10.1. The average molecular weight is 329 g/mol. The van der Waals surface area contributed by atoms with Crippen LogP contribution in [0.4, 0.5) is 4.39 Å². The Kier molecular flexibility index (Phi) is 4.97. The van der Waals surface area contributed by atoms with Crippen molar-refractivity contribution in [1.29, 1.82) is 0 Å². The molecular formula is C14H14ClFN2O4. The molecule has 0 aliphatic carbocycles. The molecule has 1 fully saturated rings. The Morgan fingerprint density at radius 2 is 2.23 bits per heavy atom. The number of methoxy groups -OCH3 is 1. The number of esters is 1. The second-order valence-corrected chi connectivity index (χ2v) is 5.12. The minimum absolute atomic E-state index is 0.0483. The van der Waals surface area contributed by atoms with Crippen molar-refractivity contribution in [2.24, 2.45) is 0 Å². The molecule has 1 heterocycles. The number of halogens is 2. The lowest BCUT2D eigenvalue weighted by Gasteiger charge is -2.34. The summed E-state index contributed by atoms with van der Waals surface area (Å²) >= 11 is 5.88. The van der Waals surface area contributed by atoms with E-state index >= 15 is 0 Å². The van der Waals surface area contributed by atoms with Crippen LogP contribution in [0.25, 0.3) is 0 Å². The van der Waals surface area contributed by atoms with E-state index in [1.165, 1.54) is 18.1 Å². The number of nitrogens with one attached hydrogen (secondary N) is 1. The standard InChI is InChI=1S/C14H14ClFN2O4/c1-22-12(19)7-11-13(20)17-4-5-18(11)14(21)9-3-2-8(16)6-10(9)15/h2-3,6,11H,4-5,7H2,1H3,(H,17,20). The van der Waals surface area contributed by atoms with E-state index < -0.39 is 29.6 Å². The molecule has 1 aliphatic rings. The van der Waals surface area contributed by atoms with Gasteiger partial charge in [0.05, 0.1) is 24.1 Å². The molecule has 0 radical (unpaired) electrons. The predicted octanol–water partition coefficient (Wildman–Crippen LogP) is 0.983. The highest BCUT2D eigenvalue weighted by Gasteiger charge is 2.36. The molecule has 1 aromatic rings. The summed E-state index contributed by atoms with van der Waals surface area (Å²) in [5.74, 6) is -2.15. The Balaban J connectivity index is 2.28. The van der Waals surface area contributed by atoms with E-state index in [4.69, 9.17) is 11.6 Å². The van der Waals surface area contributed by atoms with Gasteiger partial charge in [0.25, 0.3) is 5.91 Å². The van der Waals surface area contributed by atoms with Crippen molar-refractivity contribution in [2.45, 2.75) is 12.5 Å². The normalized spacial score (nSPS) is 17.9. The topological polar surface area (TPSA) is 75.7 Å². The fourth-order valence-corrected chi connectivity index (χ4v) is 2.47. The fraction of sp³-hybridized carbons (Fsp3) is 0.357. The molecule has 2 amide bonds. The van der Waals surface area contributed by atoms with Crippen molar-refractivity contribution in [3.8, 4) is 0 Å². The van der Waals surface area contributed by atoms with Crippen molar-refractivity contribution in [3.63, 3.8) is 0 Å². The summed E-state index contributed by atoms with van der Waals surface area (Å²) in [5.41, 5.74) is 0.0765. The third-order valence-electron chi connectivity index (χ3n) is 3.34. The van der Waals surface area contributed by atoms with Gasteiger partial charge in [0.2, 0.25) is 5.91 Å². The maximum Gasteiger partial charge on any atom is 0.308 e. The molecule has 0 aromatic heterocycles. The predicted molar refractivity (Wildman–Crippen MR) is 75.9 cm³/mol. The highest BCUT2D eigenvalue weighted by Crippen LogP contribution is 2.21. The molecule has 6 nitrogen and oxygen atoms in total. The minimum atomic E-state index is -0.977. The number of piperazine rings is 1. The van der Waals surface area contributed by atoms with Gasteiger partial charge in [-0.2, -0.15) is 0 Å². The Labute approximate surface area is 131 Å². The van der Waals surface area contributed by atoms with E-state index in [1.807, 2.05) is 0 Å². The average Bonchev–Trinajstić information content (AvgIpc) is 2.48. The third kappa shape index (κ3) is 3.36. The van der Waals surface area contributed by atoms with Crippen LogP contribution in [0.5, 0.6) is 0 Å². The van der Waals surface area contributed by atoms with Gasteiger partial charge in [-0.25, -0.2) is 4.39 Å². The minimum Gasteiger partial charge on any atom is -0.469 e. The Bertz CT molecular complexity index is 623. The van der Waals surface area contributed by atoms with Gasteiger partial charge in [-0.1, -0.05) is 11.6 Å². The van der Waals surface area contributed by atoms with Gasteiger partial charge in [0, 0.05) is 13.1 Å². The quantitative estimate of drug-likeness (QED) is 0.839.